The first-order valence-corrected chi connectivity index (χ1v) is 5.78. The molecule has 0 aliphatic carbocycles. The van der Waals surface area contributed by atoms with E-state index in [2.05, 4.69) is 6.92 Å². The van der Waals surface area contributed by atoms with Gasteiger partial charge in [0.2, 0.25) is 0 Å². The van der Waals surface area contributed by atoms with E-state index in [1.54, 1.807) is 0 Å². The van der Waals surface area contributed by atoms with Crippen molar-refractivity contribution in [2.75, 3.05) is 13.2 Å². The molecule has 1 saturated heterocycles. The van der Waals surface area contributed by atoms with E-state index < -0.39 is 18.3 Å². The molecular formula is C11H20O5. The Balaban J connectivity index is 2.12. The van der Waals surface area contributed by atoms with Gasteiger partial charge in [-0.15, -0.1) is 0 Å². The summed E-state index contributed by atoms with van der Waals surface area (Å²) in [6.45, 7) is 2.18. The van der Waals surface area contributed by atoms with E-state index in [9.17, 15) is 15.0 Å². The lowest BCUT2D eigenvalue weighted by Crippen LogP contribution is -2.33. The number of carbonyl (C=O) groups excluding carboxylic acids is 1. The number of rotatable bonds is 6. The van der Waals surface area contributed by atoms with Gasteiger partial charge in [0.25, 0.3) is 0 Å². The second-order valence-corrected chi connectivity index (χ2v) is 4.07. The Kier molecular flexibility index (Phi) is 5.73. The SMILES string of the molecule is CCCCCC(=O)OC[C@@H]1OC[C@@H](O)[C@H]1O. The average Bonchev–Trinajstić information content (AvgIpc) is 2.58. The molecule has 0 aromatic heterocycles. The maximum absolute atomic E-state index is 11.2. The van der Waals surface area contributed by atoms with Crippen molar-refractivity contribution in [2.24, 2.45) is 0 Å². The molecule has 16 heavy (non-hydrogen) atoms. The molecule has 94 valence electrons. The van der Waals surface area contributed by atoms with Crippen molar-refractivity contribution in [1.82, 2.24) is 0 Å². The number of ether oxygens (including phenoxy) is 2. The summed E-state index contributed by atoms with van der Waals surface area (Å²) in [5.74, 6) is -0.273. The van der Waals surface area contributed by atoms with E-state index in [0.717, 1.165) is 19.3 Å². The fourth-order valence-corrected chi connectivity index (χ4v) is 1.58. The second kappa shape index (κ2) is 6.83. The van der Waals surface area contributed by atoms with Gasteiger partial charge in [-0.25, -0.2) is 0 Å². The molecular weight excluding hydrogens is 212 g/mol. The Morgan fingerprint density at radius 2 is 2.19 bits per heavy atom. The average molecular weight is 232 g/mol. The first-order valence-electron chi connectivity index (χ1n) is 5.78. The maximum Gasteiger partial charge on any atom is 0.305 e. The third-order valence-electron chi connectivity index (χ3n) is 2.65. The minimum atomic E-state index is -0.955. The van der Waals surface area contributed by atoms with Crippen LogP contribution in [-0.4, -0.2) is 47.7 Å². The van der Waals surface area contributed by atoms with Gasteiger partial charge in [0.15, 0.2) is 0 Å². The van der Waals surface area contributed by atoms with Crippen LogP contribution in [0.4, 0.5) is 0 Å². The van der Waals surface area contributed by atoms with Crippen LogP contribution in [0.2, 0.25) is 0 Å². The molecule has 0 amide bonds. The second-order valence-electron chi connectivity index (χ2n) is 4.07. The molecule has 0 aromatic rings. The quantitative estimate of drug-likeness (QED) is 0.506. The zero-order valence-electron chi connectivity index (χ0n) is 9.59. The van der Waals surface area contributed by atoms with Crippen LogP contribution in [0.1, 0.15) is 32.6 Å². The van der Waals surface area contributed by atoms with Crippen LogP contribution < -0.4 is 0 Å². The molecule has 1 aliphatic rings. The van der Waals surface area contributed by atoms with Crippen molar-refractivity contribution in [2.45, 2.75) is 50.9 Å². The lowest BCUT2D eigenvalue weighted by Gasteiger charge is -2.14. The van der Waals surface area contributed by atoms with Crippen molar-refractivity contribution >= 4 is 5.97 Å². The molecule has 0 unspecified atom stereocenters. The van der Waals surface area contributed by atoms with Crippen molar-refractivity contribution in [1.29, 1.82) is 0 Å². The van der Waals surface area contributed by atoms with Gasteiger partial charge in [-0.1, -0.05) is 19.8 Å². The Bertz CT molecular complexity index is 218. The standard InChI is InChI=1S/C11H20O5/c1-2-3-4-5-10(13)16-7-9-11(14)8(12)6-15-9/h8-9,11-12,14H,2-7H2,1H3/t8-,9+,11-/m1/s1. The summed E-state index contributed by atoms with van der Waals surface area (Å²) in [5.41, 5.74) is 0. The van der Waals surface area contributed by atoms with Crippen molar-refractivity contribution < 1.29 is 24.5 Å². The maximum atomic E-state index is 11.2. The highest BCUT2D eigenvalue weighted by atomic mass is 16.6. The van der Waals surface area contributed by atoms with Crippen LogP contribution in [0.25, 0.3) is 0 Å². The lowest BCUT2D eigenvalue weighted by atomic mass is 10.1. The van der Waals surface area contributed by atoms with Crippen LogP contribution in [0.5, 0.6) is 0 Å². The highest BCUT2D eigenvalue weighted by Crippen LogP contribution is 2.14. The minimum Gasteiger partial charge on any atom is -0.463 e. The largest absolute Gasteiger partial charge is 0.463 e. The van der Waals surface area contributed by atoms with Crippen molar-refractivity contribution in [3.63, 3.8) is 0 Å². The number of hydrogen-bond acceptors (Lipinski definition) is 5. The van der Waals surface area contributed by atoms with Gasteiger partial charge >= 0.3 is 5.97 Å². The Morgan fingerprint density at radius 3 is 2.75 bits per heavy atom. The summed E-state index contributed by atoms with van der Waals surface area (Å²) >= 11 is 0. The fraction of sp³-hybridized carbons (Fsp3) is 0.909. The van der Waals surface area contributed by atoms with Gasteiger partial charge in [-0.05, 0) is 6.42 Å². The van der Waals surface area contributed by atoms with Crippen molar-refractivity contribution in [3.8, 4) is 0 Å². The van der Waals surface area contributed by atoms with Gasteiger partial charge in [-0.2, -0.15) is 0 Å². The molecule has 0 aromatic carbocycles. The summed E-state index contributed by atoms with van der Waals surface area (Å²) in [7, 11) is 0. The van der Waals surface area contributed by atoms with E-state index in [1.807, 2.05) is 0 Å². The van der Waals surface area contributed by atoms with Gasteiger partial charge in [-0.3, -0.25) is 4.79 Å². The van der Waals surface area contributed by atoms with Crippen LogP contribution in [0, 0.1) is 0 Å². The molecule has 2 N–H and O–H groups in total. The van der Waals surface area contributed by atoms with Crippen LogP contribution in [-0.2, 0) is 14.3 Å². The van der Waals surface area contributed by atoms with Gasteiger partial charge in [0, 0.05) is 6.42 Å². The van der Waals surface area contributed by atoms with E-state index in [0.29, 0.717) is 6.42 Å². The van der Waals surface area contributed by atoms with E-state index >= 15 is 0 Å². The molecule has 1 heterocycles. The van der Waals surface area contributed by atoms with Gasteiger partial charge < -0.3 is 19.7 Å². The summed E-state index contributed by atoms with van der Waals surface area (Å²) in [6.07, 6.45) is 0.878. The van der Waals surface area contributed by atoms with Gasteiger partial charge in [0.1, 0.15) is 24.9 Å². The highest BCUT2D eigenvalue weighted by molar-refractivity contribution is 5.69. The Labute approximate surface area is 95.4 Å². The molecule has 5 heteroatoms. The zero-order valence-corrected chi connectivity index (χ0v) is 9.59. The molecule has 3 atom stereocenters. The predicted octanol–water partition coefficient (Wildman–Crippen LogP) is 0.231. The molecule has 5 nitrogen and oxygen atoms in total. The molecule has 1 fully saturated rings. The molecule has 1 aliphatic heterocycles. The summed E-state index contributed by atoms with van der Waals surface area (Å²) < 4.78 is 10.0. The number of carbonyl (C=O) groups is 1. The number of aliphatic hydroxyl groups excluding tert-OH is 2. The summed E-state index contributed by atoms with van der Waals surface area (Å²) in [6, 6.07) is 0. The number of hydrogen-bond donors (Lipinski definition) is 2. The highest BCUT2D eigenvalue weighted by Gasteiger charge is 2.35. The zero-order chi connectivity index (χ0) is 12.0. The molecule has 0 radical (unpaired) electrons. The minimum absolute atomic E-state index is 0.0170. The first-order chi connectivity index (χ1) is 7.65. The molecule has 0 spiro atoms. The number of unbranched alkanes of at least 4 members (excludes halogenated alkanes) is 2. The third-order valence-corrected chi connectivity index (χ3v) is 2.65. The van der Waals surface area contributed by atoms with Crippen molar-refractivity contribution in [3.05, 3.63) is 0 Å². The topological polar surface area (TPSA) is 76.0 Å². The summed E-state index contributed by atoms with van der Waals surface area (Å²) in [4.78, 5) is 11.2. The smallest absolute Gasteiger partial charge is 0.305 e. The van der Waals surface area contributed by atoms with Crippen LogP contribution >= 0.6 is 0 Å². The van der Waals surface area contributed by atoms with Gasteiger partial charge in [0.05, 0.1) is 6.61 Å². The van der Waals surface area contributed by atoms with E-state index in [4.69, 9.17) is 9.47 Å². The molecule has 0 saturated carbocycles. The number of aliphatic hydroxyl groups is 2. The van der Waals surface area contributed by atoms with Crippen LogP contribution in [0.3, 0.4) is 0 Å². The normalized spacial score (nSPS) is 29.3. The summed E-state index contributed by atoms with van der Waals surface area (Å²) in [5, 5.41) is 18.6. The fourth-order valence-electron chi connectivity index (χ4n) is 1.58. The molecule has 1 rings (SSSR count). The third kappa shape index (κ3) is 4.08. The van der Waals surface area contributed by atoms with E-state index in [1.165, 1.54) is 0 Å². The van der Waals surface area contributed by atoms with Crippen LogP contribution in [0.15, 0.2) is 0 Å². The monoisotopic (exact) mass is 232 g/mol. The Morgan fingerprint density at radius 1 is 1.44 bits per heavy atom. The first kappa shape index (κ1) is 13.4. The predicted molar refractivity (Wildman–Crippen MR) is 56.9 cm³/mol. The molecule has 0 bridgehead atoms. The van der Waals surface area contributed by atoms with E-state index in [-0.39, 0.29) is 19.2 Å². The number of esters is 1. The lowest BCUT2D eigenvalue weighted by molar-refractivity contribution is -0.148. The Hall–Kier alpha value is -0.650.